The molecule has 48 valence electrons. The van der Waals surface area contributed by atoms with Crippen LogP contribution in [0.4, 0.5) is 0 Å². The molecular formula is C7H8O2. The van der Waals surface area contributed by atoms with Crippen molar-refractivity contribution in [1.29, 1.82) is 0 Å². The molecule has 2 aliphatic rings. The van der Waals surface area contributed by atoms with Gasteiger partial charge in [-0.25, -0.2) is 0 Å². The summed E-state index contributed by atoms with van der Waals surface area (Å²) in [5, 5.41) is 8.53. The Hall–Kier alpha value is -0.790. The number of carboxylic acids is 1. The molecule has 9 heavy (non-hydrogen) atoms. The lowest BCUT2D eigenvalue weighted by molar-refractivity contribution is -0.139. The van der Waals surface area contributed by atoms with Crippen LogP contribution in [0.1, 0.15) is 6.42 Å². The molecule has 0 bridgehead atoms. The van der Waals surface area contributed by atoms with Gasteiger partial charge in [0.15, 0.2) is 0 Å². The average Bonchev–Trinajstić information content (AvgIpc) is 2.30. The second kappa shape index (κ2) is 1.38. The summed E-state index contributed by atoms with van der Waals surface area (Å²) in [7, 11) is 0. The highest BCUT2D eigenvalue weighted by molar-refractivity contribution is 5.75. The van der Waals surface area contributed by atoms with Crippen molar-refractivity contribution < 1.29 is 9.90 Å². The van der Waals surface area contributed by atoms with E-state index in [1.807, 2.05) is 6.08 Å². The van der Waals surface area contributed by atoms with Crippen LogP contribution in [-0.4, -0.2) is 11.1 Å². The smallest absolute Gasteiger partial charge is 0.307 e. The maximum atomic E-state index is 10.3. The number of allylic oxidation sites excluding steroid dienone is 2. The molecule has 1 N–H and O–H groups in total. The highest BCUT2D eigenvalue weighted by Gasteiger charge is 2.54. The van der Waals surface area contributed by atoms with E-state index >= 15 is 0 Å². The quantitative estimate of drug-likeness (QED) is 0.527. The number of rotatable bonds is 1. The Labute approximate surface area is 53.2 Å². The normalized spacial score (nSPS) is 44.7. The highest BCUT2D eigenvalue weighted by Crippen LogP contribution is 2.53. The number of carboxylic acid groups (broad SMARTS) is 1. The van der Waals surface area contributed by atoms with Gasteiger partial charge in [-0.05, 0) is 18.3 Å². The third kappa shape index (κ3) is 0.530. The molecule has 0 aromatic rings. The summed E-state index contributed by atoms with van der Waals surface area (Å²) in [5.74, 6) is 0.203. The van der Waals surface area contributed by atoms with Crippen molar-refractivity contribution >= 4 is 5.97 Å². The van der Waals surface area contributed by atoms with E-state index in [4.69, 9.17) is 5.11 Å². The summed E-state index contributed by atoms with van der Waals surface area (Å²) < 4.78 is 0. The summed E-state index contributed by atoms with van der Waals surface area (Å²) in [4.78, 5) is 10.3. The summed E-state index contributed by atoms with van der Waals surface area (Å²) in [6.45, 7) is 0. The standard InChI is InChI=1S/C7H8O2/c8-7(9)6-4-2-1-3-5(4)6/h1-2,4-6H,3H2,(H,8,9). The molecule has 0 amide bonds. The average molecular weight is 124 g/mol. The summed E-state index contributed by atoms with van der Waals surface area (Å²) >= 11 is 0. The Balaban J connectivity index is 2.10. The van der Waals surface area contributed by atoms with E-state index in [2.05, 4.69) is 6.08 Å². The lowest BCUT2D eigenvalue weighted by Crippen LogP contribution is -2.00. The fourth-order valence-corrected chi connectivity index (χ4v) is 1.71. The van der Waals surface area contributed by atoms with Crippen molar-refractivity contribution in [2.75, 3.05) is 0 Å². The molecule has 0 radical (unpaired) electrons. The van der Waals surface area contributed by atoms with Gasteiger partial charge in [0.2, 0.25) is 0 Å². The number of hydrogen-bond donors (Lipinski definition) is 1. The second-order valence-corrected chi connectivity index (χ2v) is 2.77. The van der Waals surface area contributed by atoms with Gasteiger partial charge in [-0.2, -0.15) is 0 Å². The molecule has 2 aliphatic carbocycles. The monoisotopic (exact) mass is 124 g/mol. The number of fused-ring (bicyclic) bond motifs is 1. The molecule has 0 aliphatic heterocycles. The summed E-state index contributed by atoms with van der Waals surface area (Å²) in [6.07, 6.45) is 5.10. The molecule has 0 heterocycles. The van der Waals surface area contributed by atoms with Crippen LogP contribution in [0.2, 0.25) is 0 Å². The third-order valence-electron chi connectivity index (χ3n) is 2.28. The van der Waals surface area contributed by atoms with Crippen molar-refractivity contribution in [2.24, 2.45) is 17.8 Å². The molecule has 1 saturated carbocycles. The van der Waals surface area contributed by atoms with Crippen LogP contribution in [0.3, 0.4) is 0 Å². The molecule has 0 spiro atoms. The second-order valence-electron chi connectivity index (χ2n) is 2.77. The molecule has 0 aromatic carbocycles. The molecule has 0 aromatic heterocycles. The van der Waals surface area contributed by atoms with E-state index in [0.29, 0.717) is 11.8 Å². The maximum absolute atomic E-state index is 10.3. The van der Waals surface area contributed by atoms with E-state index in [0.717, 1.165) is 6.42 Å². The van der Waals surface area contributed by atoms with Gasteiger partial charge in [-0.15, -0.1) is 0 Å². The van der Waals surface area contributed by atoms with Crippen molar-refractivity contribution in [3.8, 4) is 0 Å². The first-order chi connectivity index (χ1) is 4.30. The zero-order valence-corrected chi connectivity index (χ0v) is 4.95. The largest absolute Gasteiger partial charge is 0.481 e. The van der Waals surface area contributed by atoms with Crippen LogP contribution in [-0.2, 0) is 4.79 Å². The van der Waals surface area contributed by atoms with Gasteiger partial charge >= 0.3 is 5.97 Å². The first-order valence-corrected chi connectivity index (χ1v) is 3.20. The molecule has 2 rings (SSSR count). The predicted molar refractivity (Wildman–Crippen MR) is 31.9 cm³/mol. The molecule has 3 unspecified atom stereocenters. The van der Waals surface area contributed by atoms with Gasteiger partial charge in [-0.3, -0.25) is 4.79 Å². The summed E-state index contributed by atoms with van der Waals surface area (Å²) in [5.41, 5.74) is 0. The minimum Gasteiger partial charge on any atom is -0.481 e. The minimum atomic E-state index is -0.616. The Morgan fingerprint density at radius 3 is 2.78 bits per heavy atom. The van der Waals surface area contributed by atoms with Gasteiger partial charge in [-0.1, -0.05) is 12.2 Å². The van der Waals surface area contributed by atoms with Gasteiger partial charge in [0.05, 0.1) is 5.92 Å². The van der Waals surface area contributed by atoms with Crippen molar-refractivity contribution in [3.05, 3.63) is 12.2 Å². The van der Waals surface area contributed by atoms with E-state index in [9.17, 15) is 4.79 Å². The minimum absolute atomic E-state index is 0.0324. The van der Waals surface area contributed by atoms with Crippen LogP contribution in [0.25, 0.3) is 0 Å². The van der Waals surface area contributed by atoms with Gasteiger partial charge in [0, 0.05) is 0 Å². The molecule has 2 nitrogen and oxygen atoms in total. The topological polar surface area (TPSA) is 37.3 Å². The third-order valence-corrected chi connectivity index (χ3v) is 2.28. The Bertz CT molecular complexity index is 183. The molecular weight excluding hydrogens is 116 g/mol. The first kappa shape index (κ1) is 5.03. The van der Waals surface area contributed by atoms with E-state index in [1.165, 1.54) is 0 Å². The lowest BCUT2D eigenvalue weighted by atomic mass is 10.2. The Morgan fingerprint density at radius 2 is 2.44 bits per heavy atom. The van der Waals surface area contributed by atoms with Gasteiger partial charge in [0.25, 0.3) is 0 Å². The zero-order chi connectivity index (χ0) is 6.43. The molecule has 2 heteroatoms. The van der Waals surface area contributed by atoms with Crippen LogP contribution >= 0.6 is 0 Å². The van der Waals surface area contributed by atoms with E-state index in [1.54, 1.807) is 0 Å². The maximum Gasteiger partial charge on any atom is 0.307 e. The molecule has 3 atom stereocenters. The predicted octanol–water partition coefficient (Wildman–Crippen LogP) is 0.893. The molecule has 0 saturated heterocycles. The van der Waals surface area contributed by atoms with E-state index in [-0.39, 0.29) is 5.92 Å². The fraction of sp³-hybridized carbons (Fsp3) is 0.571. The number of hydrogen-bond acceptors (Lipinski definition) is 1. The first-order valence-electron chi connectivity index (χ1n) is 3.20. The highest BCUT2D eigenvalue weighted by atomic mass is 16.4. The van der Waals surface area contributed by atoms with Crippen LogP contribution < -0.4 is 0 Å². The van der Waals surface area contributed by atoms with Crippen LogP contribution in [0, 0.1) is 17.8 Å². The van der Waals surface area contributed by atoms with Crippen LogP contribution in [0.5, 0.6) is 0 Å². The number of carbonyl (C=O) groups is 1. The van der Waals surface area contributed by atoms with Crippen molar-refractivity contribution in [2.45, 2.75) is 6.42 Å². The molecule has 1 fully saturated rings. The zero-order valence-electron chi connectivity index (χ0n) is 4.95. The van der Waals surface area contributed by atoms with Gasteiger partial charge < -0.3 is 5.11 Å². The van der Waals surface area contributed by atoms with Gasteiger partial charge in [0.1, 0.15) is 0 Å². The lowest BCUT2D eigenvalue weighted by Gasteiger charge is -1.88. The van der Waals surface area contributed by atoms with Crippen LogP contribution in [0.15, 0.2) is 12.2 Å². The van der Waals surface area contributed by atoms with Crippen molar-refractivity contribution in [1.82, 2.24) is 0 Å². The Morgan fingerprint density at radius 1 is 1.67 bits per heavy atom. The van der Waals surface area contributed by atoms with E-state index < -0.39 is 5.97 Å². The summed E-state index contributed by atoms with van der Waals surface area (Å²) in [6, 6.07) is 0. The number of aliphatic carboxylic acids is 1. The fourth-order valence-electron chi connectivity index (χ4n) is 1.71. The Kier molecular flexibility index (Phi) is 0.770. The SMILES string of the molecule is O=C(O)C1C2C=CCC21. The van der Waals surface area contributed by atoms with Crippen molar-refractivity contribution in [3.63, 3.8) is 0 Å².